The first-order valence-corrected chi connectivity index (χ1v) is 10.2. The van der Waals surface area contributed by atoms with Gasteiger partial charge in [0.15, 0.2) is 0 Å². The number of aromatic nitrogens is 3. The van der Waals surface area contributed by atoms with Crippen LogP contribution in [0.3, 0.4) is 0 Å². The number of hydrogen-bond acceptors (Lipinski definition) is 8. The molecule has 2 aromatic heterocycles. The smallest absolute Gasteiger partial charge is 0.247 e. The van der Waals surface area contributed by atoms with Crippen LogP contribution in [0.25, 0.3) is 21.7 Å². The number of benzene rings is 2. The number of methoxy groups -OCH3 is 1. The number of para-hydroxylation sites is 1. The normalized spacial score (nSPS) is 10.9. The second kappa shape index (κ2) is 8.91. The molecule has 4 rings (SSSR count). The zero-order chi connectivity index (χ0) is 20.9. The van der Waals surface area contributed by atoms with Crippen LogP contribution in [0.4, 0.5) is 0 Å². The molecule has 0 spiro atoms. The summed E-state index contributed by atoms with van der Waals surface area (Å²) in [5.74, 6) is 2.31. The monoisotopic (exact) mass is 424 g/mol. The molecule has 1 N–H and O–H groups in total. The minimum atomic E-state index is -0.0777. The van der Waals surface area contributed by atoms with E-state index in [0.29, 0.717) is 37.1 Å². The molecule has 0 aliphatic heterocycles. The lowest BCUT2D eigenvalue weighted by molar-refractivity contribution is -0.119. The van der Waals surface area contributed by atoms with Gasteiger partial charge in [0.2, 0.25) is 17.7 Å². The van der Waals surface area contributed by atoms with Crippen LogP contribution in [0.15, 0.2) is 46.9 Å². The number of rotatable bonds is 8. The Balaban J connectivity index is 1.41. The van der Waals surface area contributed by atoms with Gasteiger partial charge in [-0.25, -0.2) is 4.98 Å². The highest BCUT2D eigenvalue weighted by Crippen LogP contribution is 2.30. The molecular formula is C21H20N4O4S. The standard InChI is InChI=1S/C21H20N4O4S/c1-13(26)22-10-11-28-15-8-6-14(7-9-15)21-25-24-18(29-21)12-19-23-20-16(27-2)4-3-5-17(20)30-19/h3-9H,10-12H2,1-2H3,(H,22,26). The van der Waals surface area contributed by atoms with Crippen molar-refractivity contribution in [2.75, 3.05) is 20.3 Å². The number of thiazole rings is 1. The van der Waals surface area contributed by atoms with E-state index in [4.69, 9.17) is 13.9 Å². The molecule has 0 atom stereocenters. The second-order valence-electron chi connectivity index (χ2n) is 6.45. The SMILES string of the molecule is COc1cccc2sc(Cc3nnc(-c4ccc(OCCNC(C)=O)cc4)o3)nc12. The molecule has 0 unspecified atom stereocenters. The second-order valence-corrected chi connectivity index (χ2v) is 7.56. The van der Waals surface area contributed by atoms with Crippen molar-refractivity contribution in [3.63, 3.8) is 0 Å². The van der Waals surface area contributed by atoms with Crippen LogP contribution >= 0.6 is 11.3 Å². The van der Waals surface area contributed by atoms with Gasteiger partial charge in [-0.3, -0.25) is 4.79 Å². The van der Waals surface area contributed by atoms with Crippen LogP contribution in [0, 0.1) is 0 Å². The fraction of sp³-hybridized carbons (Fsp3) is 0.238. The highest BCUT2D eigenvalue weighted by Gasteiger charge is 2.14. The number of nitrogens with zero attached hydrogens (tertiary/aromatic N) is 3. The fourth-order valence-electron chi connectivity index (χ4n) is 2.87. The average Bonchev–Trinajstić information content (AvgIpc) is 3.38. The zero-order valence-corrected chi connectivity index (χ0v) is 17.4. The molecule has 2 heterocycles. The lowest BCUT2D eigenvalue weighted by Crippen LogP contribution is -2.25. The first-order valence-electron chi connectivity index (χ1n) is 9.35. The Kier molecular flexibility index (Phi) is 5.89. The van der Waals surface area contributed by atoms with Crippen LogP contribution in [0.1, 0.15) is 17.8 Å². The summed E-state index contributed by atoms with van der Waals surface area (Å²) in [6, 6.07) is 13.2. The third-order valence-electron chi connectivity index (χ3n) is 4.26. The van der Waals surface area contributed by atoms with Crippen molar-refractivity contribution in [3.8, 4) is 23.0 Å². The molecule has 0 aliphatic rings. The van der Waals surface area contributed by atoms with Crippen LogP contribution in [-0.2, 0) is 11.2 Å². The highest BCUT2D eigenvalue weighted by molar-refractivity contribution is 7.18. The molecule has 2 aromatic carbocycles. The van der Waals surface area contributed by atoms with Crippen molar-refractivity contribution in [2.45, 2.75) is 13.3 Å². The molecule has 30 heavy (non-hydrogen) atoms. The van der Waals surface area contributed by atoms with Crippen LogP contribution in [-0.4, -0.2) is 41.3 Å². The molecule has 0 saturated carbocycles. The lowest BCUT2D eigenvalue weighted by Gasteiger charge is -2.06. The molecule has 0 saturated heterocycles. The van der Waals surface area contributed by atoms with E-state index in [1.54, 1.807) is 18.4 Å². The van der Waals surface area contributed by atoms with E-state index >= 15 is 0 Å². The van der Waals surface area contributed by atoms with Gasteiger partial charge in [-0.1, -0.05) is 6.07 Å². The summed E-state index contributed by atoms with van der Waals surface area (Å²) in [6.45, 7) is 2.33. The topological polar surface area (TPSA) is 99.4 Å². The van der Waals surface area contributed by atoms with Crippen LogP contribution < -0.4 is 14.8 Å². The van der Waals surface area contributed by atoms with Gasteiger partial charge in [-0.15, -0.1) is 21.5 Å². The van der Waals surface area contributed by atoms with Gasteiger partial charge in [0.05, 0.1) is 24.8 Å². The molecule has 4 aromatic rings. The van der Waals surface area contributed by atoms with Crippen molar-refractivity contribution in [3.05, 3.63) is 53.4 Å². The first kappa shape index (κ1) is 19.8. The zero-order valence-electron chi connectivity index (χ0n) is 16.5. The minimum absolute atomic E-state index is 0.0777. The Morgan fingerprint density at radius 3 is 2.77 bits per heavy atom. The Hall–Kier alpha value is -3.46. The van der Waals surface area contributed by atoms with E-state index in [2.05, 4.69) is 20.5 Å². The largest absolute Gasteiger partial charge is 0.494 e. The summed E-state index contributed by atoms with van der Waals surface area (Å²) >= 11 is 1.58. The van der Waals surface area contributed by atoms with Gasteiger partial charge in [-0.2, -0.15) is 0 Å². The summed E-state index contributed by atoms with van der Waals surface area (Å²) < 4.78 is 17.8. The molecule has 8 nitrogen and oxygen atoms in total. The summed E-state index contributed by atoms with van der Waals surface area (Å²) in [6.07, 6.45) is 0.458. The Morgan fingerprint density at radius 1 is 1.17 bits per heavy atom. The summed E-state index contributed by atoms with van der Waals surface area (Å²) in [4.78, 5) is 15.5. The van der Waals surface area contributed by atoms with Gasteiger partial charge >= 0.3 is 0 Å². The lowest BCUT2D eigenvalue weighted by atomic mass is 10.2. The van der Waals surface area contributed by atoms with Gasteiger partial charge < -0.3 is 19.2 Å². The first-order chi connectivity index (χ1) is 14.6. The number of carbonyl (C=O) groups is 1. The fourth-order valence-corrected chi connectivity index (χ4v) is 3.85. The Labute approximate surface area is 176 Å². The van der Waals surface area contributed by atoms with Gasteiger partial charge in [0.25, 0.3) is 0 Å². The maximum atomic E-state index is 10.8. The third-order valence-corrected chi connectivity index (χ3v) is 5.28. The van der Waals surface area contributed by atoms with E-state index in [9.17, 15) is 4.79 Å². The summed E-state index contributed by atoms with van der Waals surface area (Å²) in [7, 11) is 1.64. The van der Waals surface area contributed by atoms with Gasteiger partial charge in [-0.05, 0) is 36.4 Å². The Bertz CT molecular complexity index is 1150. The quantitative estimate of drug-likeness (QED) is 0.432. The van der Waals surface area contributed by atoms with E-state index in [1.165, 1.54) is 6.92 Å². The molecule has 154 valence electrons. The predicted molar refractivity (Wildman–Crippen MR) is 113 cm³/mol. The van der Waals surface area contributed by atoms with E-state index in [1.807, 2.05) is 42.5 Å². The van der Waals surface area contributed by atoms with Gasteiger partial charge in [0, 0.05) is 12.5 Å². The van der Waals surface area contributed by atoms with Gasteiger partial charge in [0.1, 0.15) is 28.6 Å². The van der Waals surface area contributed by atoms with Crippen molar-refractivity contribution in [2.24, 2.45) is 0 Å². The van der Waals surface area contributed by atoms with Crippen molar-refractivity contribution in [1.82, 2.24) is 20.5 Å². The summed E-state index contributed by atoms with van der Waals surface area (Å²) in [5, 5.41) is 11.9. The van der Waals surface area contributed by atoms with Crippen LogP contribution in [0.2, 0.25) is 0 Å². The molecule has 0 aliphatic carbocycles. The number of fused-ring (bicyclic) bond motifs is 1. The number of carbonyl (C=O) groups excluding carboxylic acids is 1. The third kappa shape index (κ3) is 4.57. The molecule has 0 fully saturated rings. The van der Waals surface area contributed by atoms with Crippen LogP contribution in [0.5, 0.6) is 11.5 Å². The molecule has 0 radical (unpaired) electrons. The number of hydrogen-bond donors (Lipinski definition) is 1. The summed E-state index contributed by atoms with van der Waals surface area (Å²) in [5.41, 5.74) is 1.64. The number of amides is 1. The van der Waals surface area contributed by atoms with Crippen molar-refractivity contribution in [1.29, 1.82) is 0 Å². The highest BCUT2D eigenvalue weighted by atomic mass is 32.1. The van der Waals surface area contributed by atoms with E-state index in [0.717, 1.165) is 26.5 Å². The number of nitrogens with one attached hydrogen (secondary N) is 1. The maximum absolute atomic E-state index is 10.8. The molecule has 1 amide bonds. The van der Waals surface area contributed by atoms with Crippen molar-refractivity contribution < 1.29 is 18.7 Å². The molecule has 9 heteroatoms. The molecular weight excluding hydrogens is 404 g/mol. The molecule has 0 bridgehead atoms. The minimum Gasteiger partial charge on any atom is -0.494 e. The maximum Gasteiger partial charge on any atom is 0.247 e. The van der Waals surface area contributed by atoms with E-state index in [-0.39, 0.29) is 5.91 Å². The van der Waals surface area contributed by atoms with E-state index < -0.39 is 0 Å². The average molecular weight is 424 g/mol. The van der Waals surface area contributed by atoms with Crippen molar-refractivity contribution >= 4 is 27.5 Å². The Morgan fingerprint density at radius 2 is 2.00 bits per heavy atom. The predicted octanol–water partition coefficient (Wildman–Crippen LogP) is 3.46. The number of ether oxygens (including phenoxy) is 2.